The van der Waals surface area contributed by atoms with E-state index < -0.39 is 0 Å². The minimum Gasteiger partial charge on any atom is -0.497 e. The van der Waals surface area contributed by atoms with Crippen LogP contribution in [0.2, 0.25) is 0 Å². The highest BCUT2D eigenvalue weighted by molar-refractivity contribution is 5.96. The Morgan fingerprint density at radius 1 is 1.03 bits per heavy atom. The van der Waals surface area contributed by atoms with Gasteiger partial charge in [0.25, 0.3) is 0 Å². The molecule has 8 nitrogen and oxygen atoms in total. The summed E-state index contributed by atoms with van der Waals surface area (Å²) in [6, 6.07) is 13.2. The molecule has 33 heavy (non-hydrogen) atoms. The van der Waals surface area contributed by atoms with E-state index in [-0.39, 0.29) is 11.8 Å². The molecule has 0 atom stereocenters. The molecule has 2 aromatic carbocycles. The first kappa shape index (κ1) is 22.2. The molecule has 8 heteroatoms. The third-order valence-electron chi connectivity index (χ3n) is 5.97. The standard InChI is InChI=1S/C25H26N4O4/c1-31-19-4-5-23-22(13-19)24(17(14-26)15-27-23)29-8-6-16(7-9-29)25(30)28-18-10-20(32-2)12-21(11-18)33-3/h4-5,10-13,15-16H,6-9H2,1-3H3,(H,28,30). The Morgan fingerprint density at radius 2 is 1.70 bits per heavy atom. The van der Waals surface area contributed by atoms with Gasteiger partial charge in [-0.3, -0.25) is 9.78 Å². The summed E-state index contributed by atoms with van der Waals surface area (Å²) in [6.07, 6.45) is 2.95. The first-order valence-electron chi connectivity index (χ1n) is 10.7. The van der Waals surface area contributed by atoms with E-state index in [1.807, 2.05) is 18.2 Å². The van der Waals surface area contributed by atoms with Gasteiger partial charge in [-0.25, -0.2) is 0 Å². The summed E-state index contributed by atoms with van der Waals surface area (Å²) in [4.78, 5) is 19.5. The fourth-order valence-corrected chi connectivity index (χ4v) is 4.20. The molecular weight excluding hydrogens is 420 g/mol. The first-order valence-corrected chi connectivity index (χ1v) is 10.7. The van der Waals surface area contributed by atoms with Gasteiger partial charge in [-0.05, 0) is 31.0 Å². The number of nitrogens with zero attached hydrogens (tertiary/aromatic N) is 3. The predicted molar refractivity (Wildman–Crippen MR) is 126 cm³/mol. The summed E-state index contributed by atoms with van der Waals surface area (Å²) >= 11 is 0. The molecule has 0 bridgehead atoms. The van der Waals surface area contributed by atoms with E-state index in [9.17, 15) is 10.1 Å². The highest BCUT2D eigenvalue weighted by Gasteiger charge is 2.27. The number of piperidine rings is 1. The molecule has 1 aliphatic heterocycles. The van der Waals surface area contributed by atoms with Gasteiger partial charge in [-0.15, -0.1) is 0 Å². The fraction of sp³-hybridized carbons (Fsp3) is 0.320. The van der Waals surface area contributed by atoms with Crippen LogP contribution in [0.1, 0.15) is 18.4 Å². The maximum atomic E-state index is 12.9. The number of methoxy groups -OCH3 is 3. The third kappa shape index (κ3) is 4.62. The molecule has 1 N–H and O–H groups in total. The first-order chi connectivity index (χ1) is 16.1. The number of nitrogens with one attached hydrogen (secondary N) is 1. The van der Waals surface area contributed by atoms with Crippen molar-refractivity contribution in [2.45, 2.75) is 12.8 Å². The minimum atomic E-state index is -0.133. The van der Waals surface area contributed by atoms with Crippen LogP contribution in [0.15, 0.2) is 42.6 Å². The van der Waals surface area contributed by atoms with Crippen molar-refractivity contribution in [1.29, 1.82) is 5.26 Å². The van der Waals surface area contributed by atoms with Crippen molar-refractivity contribution in [2.24, 2.45) is 5.92 Å². The van der Waals surface area contributed by atoms with Crippen LogP contribution in [0, 0.1) is 17.2 Å². The maximum absolute atomic E-state index is 12.9. The summed E-state index contributed by atoms with van der Waals surface area (Å²) in [5.74, 6) is 1.77. The molecule has 2 heterocycles. The quantitative estimate of drug-likeness (QED) is 0.612. The highest BCUT2D eigenvalue weighted by Crippen LogP contribution is 2.35. The molecule has 1 amide bonds. The van der Waals surface area contributed by atoms with Crippen LogP contribution in [0.25, 0.3) is 10.9 Å². The van der Waals surface area contributed by atoms with Crippen molar-refractivity contribution in [2.75, 3.05) is 44.6 Å². The second kappa shape index (κ2) is 9.65. The molecule has 1 aliphatic rings. The van der Waals surface area contributed by atoms with Gasteiger partial charge in [0.05, 0.1) is 38.1 Å². The molecule has 1 fully saturated rings. The van der Waals surface area contributed by atoms with Gasteiger partial charge < -0.3 is 24.4 Å². The fourth-order valence-electron chi connectivity index (χ4n) is 4.20. The number of pyridine rings is 1. The lowest BCUT2D eigenvalue weighted by Gasteiger charge is -2.34. The van der Waals surface area contributed by atoms with E-state index in [1.54, 1.807) is 45.7 Å². The second-order valence-corrected chi connectivity index (χ2v) is 7.87. The van der Waals surface area contributed by atoms with Gasteiger partial charge in [0.1, 0.15) is 23.3 Å². The minimum absolute atomic E-state index is 0.0354. The Morgan fingerprint density at radius 3 is 2.30 bits per heavy atom. The molecule has 0 spiro atoms. The molecule has 3 aromatic rings. The maximum Gasteiger partial charge on any atom is 0.227 e. The van der Waals surface area contributed by atoms with Crippen LogP contribution < -0.4 is 24.4 Å². The predicted octanol–water partition coefficient (Wildman–Crippen LogP) is 3.99. The van der Waals surface area contributed by atoms with Crippen LogP contribution >= 0.6 is 0 Å². The Labute approximate surface area is 192 Å². The lowest BCUT2D eigenvalue weighted by atomic mass is 9.94. The van der Waals surface area contributed by atoms with E-state index in [0.29, 0.717) is 54.4 Å². The summed E-state index contributed by atoms with van der Waals surface area (Å²) in [7, 11) is 4.76. The van der Waals surface area contributed by atoms with Crippen LogP contribution in [0.5, 0.6) is 17.2 Å². The monoisotopic (exact) mass is 446 g/mol. The Bertz CT molecular complexity index is 1190. The summed E-state index contributed by atoms with van der Waals surface area (Å²) in [6.45, 7) is 1.31. The zero-order valence-electron chi connectivity index (χ0n) is 18.9. The largest absolute Gasteiger partial charge is 0.497 e. The smallest absolute Gasteiger partial charge is 0.227 e. The number of carbonyl (C=O) groups excluding carboxylic acids is 1. The molecule has 4 rings (SSSR count). The van der Waals surface area contributed by atoms with E-state index in [1.165, 1.54) is 0 Å². The molecule has 0 saturated carbocycles. The highest BCUT2D eigenvalue weighted by atomic mass is 16.5. The zero-order chi connectivity index (χ0) is 23.4. The number of benzene rings is 2. The number of ether oxygens (including phenoxy) is 3. The van der Waals surface area contributed by atoms with Gasteiger partial charge in [-0.2, -0.15) is 5.26 Å². The topological polar surface area (TPSA) is 96.7 Å². The molecule has 170 valence electrons. The zero-order valence-corrected chi connectivity index (χ0v) is 18.9. The molecule has 1 aromatic heterocycles. The van der Waals surface area contributed by atoms with Crippen molar-refractivity contribution in [1.82, 2.24) is 4.98 Å². The van der Waals surface area contributed by atoms with Crippen molar-refractivity contribution in [3.63, 3.8) is 0 Å². The van der Waals surface area contributed by atoms with E-state index >= 15 is 0 Å². The molecular formula is C25H26N4O4. The summed E-state index contributed by atoms with van der Waals surface area (Å²) < 4.78 is 15.9. The molecule has 0 aliphatic carbocycles. The number of hydrogen-bond acceptors (Lipinski definition) is 7. The lowest BCUT2D eigenvalue weighted by Crippen LogP contribution is -2.38. The van der Waals surface area contributed by atoms with Crippen molar-refractivity contribution >= 4 is 28.2 Å². The number of aromatic nitrogens is 1. The Balaban J connectivity index is 1.51. The van der Waals surface area contributed by atoms with Crippen molar-refractivity contribution in [3.05, 3.63) is 48.2 Å². The molecule has 0 unspecified atom stereocenters. The number of amides is 1. The third-order valence-corrected chi connectivity index (χ3v) is 5.97. The average Bonchev–Trinajstić information content (AvgIpc) is 2.87. The lowest BCUT2D eigenvalue weighted by molar-refractivity contribution is -0.120. The normalized spacial score (nSPS) is 13.9. The summed E-state index contributed by atoms with van der Waals surface area (Å²) in [5, 5.41) is 13.6. The summed E-state index contributed by atoms with van der Waals surface area (Å²) in [5.41, 5.74) is 2.80. The second-order valence-electron chi connectivity index (χ2n) is 7.87. The van der Waals surface area contributed by atoms with Gasteiger partial charge in [0.15, 0.2) is 0 Å². The van der Waals surface area contributed by atoms with Crippen molar-refractivity contribution < 1.29 is 19.0 Å². The molecule has 0 radical (unpaired) electrons. The average molecular weight is 447 g/mol. The van der Waals surface area contributed by atoms with Crippen LogP contribution in [-0.2, 0) is 4.79 Å². The Hall–Kier alpha value is -3.99. The van der Waals surface area contributed by atoms with Crippen molar-refractivity contribution in [3.8, 4) is 23.3 Å². The van der Waals surface area contributed by atoms with Crippen LogP contribution in [0.4, 0.5) is 11.4 Å². The van der Waals surface area contributed by atoms with E-state index in [2.05, 4.69) is 21.3 Å². The SMILES string of the molecule is COc1cc(NC(=O)C2CCN(c3c(C#N)cnc4ccc(OC)cc34)CC2)cc(OC)c1. The van der Waals surface area contributed by atoms with E-state index in [4.69, 9.17) is 14.2 Å². The molecule has 1 saturated heterocycles. The Kier molecular flexibility index (Phi) is 6.50. The van der Waals surface area contributed by atoms with Gasteiger partial charge in [0.2, 0.25) is 5.91 Å². The van der Waals surface area contributed by atoms with E-state index in [0.717, 1.165) is 16.6 Å². The number of hydrogen-bond donors (Lipinski definition) is 1. The van der Waals surface area contributed by atoms with Gasteiger partial charge in [0, 0.05) is 54.5 Å². The van der Waals surface area contributed by atoms with Gasteiger partial charge in [-0.1, -0.05) is 0 Å². The van der Waals surface area contributed by atoms with Crippen LogP contribution in [-0.4, -0.2) is 45.3 Å². The number of carbonyl (C=O) groups is 1. The van der Waals surface area contributed by atoms with Crippen LogP contribution in [0.3, 0.4) is 0 Å². The number of fused-ring (bicyclic) bond motifs is 1. The number of nitriles is 1. The number of rotatable bonds is 6. The number of anilines is 2. The van der Waals surface area contributed by atoms with Gasteiger partial charge >= 0.3 is 0 Å².